The van der Waals surface area contributed by atoms with Crippen LogP contribution in [-0.4, -0.2) is 5.75 Å². The number of hydrogen-bond donors (Lipinski definition) is 0. The first-order chi connectivity index (χ1) is 2.00. The fraction of sp³-hybridized carbons (Fsp3) is 0.500. The zero-order chi connectivity index (χ0) is 2.83. The summed E-state index contributed by atoms with van der Waals surface area (Å²) >= 11 is 1.48. The summed E-state index contributed by atoms with van der Waals surface area (Å²) < 4.78 is 4.51. The highest BCUT2D eigenvalue weighted by Gasteiger charge is 1.97. The van der Waals surface area contributed by atoms with E-state index in [0.29, 0.717) is 0 Å². The molecule has 0 bridgehead atoms. The predicted molar refractivity (Wildman–Crippen MR) is 17.8 cm³/mol. The fourth-order valence-corrected chi connectivity index (χ4v) is 0.204. The molecular formula is C2H3OS. The molecule has 0 amide bonds. The van der Waals surface area contributed by atoms with Crippen LogP contribution in [0.3, 0.4) is 0 Å². The van der Waals surface area contributed by atoms with Crippen molar-refractivity contribution in [1.82, 2.24) is 0 Å². The molecule has 1 fully saturated rings. The third kappa shape index (κ3) is 0.213. The van der Waals surface area contributed by atoms with E-state index in [4.69, 9.17) is 0 Å². The number of rotatable bonds is 0. The zero-order valence-electron chi connectivity index (χ0n) is 2.10. The van der Waals surface area contributed by atoms with Crippen molar-refractivity contribution in [2.75, 3.05) is 5.75 Å². The van der Waals surface area contributed by atoms with Crippen molar-refractivity contribution in [3.63, 3.8) is 0 Å². The summed E-state index contributed by atoms with van der Waals surface area (Å²) in [6, 6.07) is 0. The Balaban J connectivity index is 2.00. The molecular weight excluding hydrogens is 72.1 g/mol. The van der Waals surface area contributed by atoms with Gasteiger partial charge in [0.05, 0.1) is 5.75 Å². The van der Waals surface area contributed by atoms with Gasteiger partial charge in [0.1, 0.15) is 6.61 Å². The molecule has 1 nitrogen and oxygen atoms in total. The van der Waals surface area contributed by atoms with Crippen LogP contribution in [0.25, 0.3) is 0 Å². The summed E-state index contributed by atoms with van der Waals surface area (Å²) in [6.07, 6.45) is 0. The lowest BCUT2D eigenvalue weighted by Gasteiger charge is -2.05. The summed E-state index contributed by atoms with van der Waals surface area (Å²) in [5.41, 5.74) is 0. The molecule has 0 unspecified atom stereocenters. The Morgan fingerprint density at radius 1 is 2.00 bits per heavy atom. The molecule has 4 heavy (non-hydrogen) atoms. The fourth-order valence-electron chi connectivity index (χ4n) is 0.0680. The van der Waals surface area contributed by atoms with E-state index in [2.05, 4.69) is 4.18 Å². The van der Waals surface area contributed by atoms with Crippen LogP contribution in [0, 0.1) is 6.61 Å². The standard InChI is InChI=1S/C2H3OS/c1-2-4-3-1/h1H,2H2. The van der Waals surface area contributed by atoms with Gasteiger partial charge in [0, 0.05) is 0 Å². The van der Waals surface area contributed by atoms with Gasteiger partial charge < -0.3 is 4.18 Å². The van der Waals surface area contributed by atoms with Crippen LogP contribution in [0.4, 0.5) is 0 Å². The quantitative estimate of drug-likeness (QED) is 0.394. The summed E-state index contributed by atoms with van der Waals surface area (Å²) in [4.78, 5) is 0. The first-order valence-corrected chi connectivity index (χ1v) is 2.01. The molecule has 1 rings (SSSR count). The molecule has 1 radical (unpaired) electrons. The van der Waals surface area contributed by atoms with Crippen LogP contribution < -0.4 is 0 Å². The van der Waals surface area contributed by atoms with Gasteiger partial charge in [-0.3, -0.25) is 0 Å². The Labute approximate surface area is 29.5 Å². The Morgan fingerprint density at radius 3 is 2.25 bits per heavy atom. The summed E-state index contributed by atoms with van der Waals surface area (Å²) in [5, 5.41) is 0. The van der Waals surface area contributed by atoms with Crippen molar-refractivity contribution in [2.24, 2.45) is 0 Å². The monoisotopic (exact) mass is 75.0 g/mol. The first-order valence-electron chi connectivity index (χ1n) is 1.10. The van der Waals surface area contributed by atoms with Crippen LogP contribution >= 0.6 is 12.0 Å². The third-order valence-electron chi connectivity index (χ3n) is 0.272. The van der Waals surface area contributed by atoms with E-state index in [1.807, 2.05) is 0 Å². The zero-order valence-corrected chi connectivity index (χ0v) is 2.92. The Bertz CT molecular complexity index is 14.0. The molecule has 1 heterocycles. The molecule has 0 aromatic carbocycles. The largest absolute Gasteiger partial charge is 0.308 e. The molecule has 1 aliphatic rings. The van der Waals surface area contributed by atoms with Crippen LogP contribution in [0.2, 0.25) is 0 Å². The molecule has 1 saturated heterocycles. The van der Waals surface area contributed by atoms with Gasteiger partial charge in [-0.25, -0.2) is 0 Å². The lowest BCUT2D eigenvalue weighted by atomic mass is 10.9. The topological polar surface area (TPSA) is 9.23 Å². The third-order valence-corrected chi connectivity index (χ3v) is 0.816. The average Bonchev–Trinajstić information content (AvgIpc) is 0.722. The Morgan fingerprint density at radius 2 is 2.25 bits per heavy atom. The van der Waals surface area contributed by atoms with Gasteiger partial charge in [-0.2, -0.15) is 0 Å². The molecule has 0 saturated carbocycles. The van der Waals surface area contributed by atoms with E-state index >= 15 is 0 Å². The predicted octanol–water partition coefficient (Wildman–Crippen LogP) is 0.827. The molecule has 1 aliphatic heterocycles. The molecule has 0 spiro atoms. The van der Waals surface area contributed by atoms with E-state index in [0.717, 1.165) is 5.75 Å². The van der Waals surface area contributed by atoms with E-state index in [1.54, 1.807) is 6.61 Å². The lowest BCUT2D eigenvalue weighted by molar-refractivity contribution is 0.450. The average molecular weight is 75.1 g/mol. The second-order valence-electron chi connectivity index (χ2n) is 0.547. The van der Waals surface area contributed by atoms with Gasteiger partial charge in [-0.15, -0.1) is 0 Å². The molecule has 0 aliphatic carbocycles. The van der Waals surface area contributed by atoms with Crippen molar-refractivity contribution in [1.29, 1.82) is 0 Å². The summed E-state index contributed by atoms with van der Waals surface area (Å²) in [5.74, 6) is 1.07. The smallest absolute Gasteiger partial charge is 0.112 e. The van der Waals surface area contributed by atoms with Gasteiger partial charge in [0.2, 0.25) is 0 Å². The lowest BCUT2D eigenvalue weighted by Crippen LogP contribution is -1.92. The van der Waals surface area contributed by atoms with Crippen LogP contribution in [0.1, 0.15) is 0 Å². The maximum atomic E-state index is 4.51. The van der Waals surface area contributed by atoms with Gasteiger partial charge in [0.25, 0.3) is 0 Å². The van der Waals surface area contributed by atoms with Crippen molar-refractivity contribution in [3.05, 3.63) is 6.61 Å². The van der Waals surface area contributed by atoms with Crippen molar-refractivity contribution in [3.8, 4) is 0 Å². The minimum absolute atomic E-state index is 1.07. The number of hydrogen-bond acceptors (Lipinski definition) is 2. The molecule has 0 aromatic heterocycles. The molecule has 2 heteroatoms. The minimum atomic E-state index is 1.07. The van der Waals surface area contributed by atoms with E-state index in [1.165, 1.54) is 12.0 Å². The molecule has 0 atom stereocenters. The van der Waals surface area contributed by atoms with Gasteiger partial charge in [0.15, 0.2) is 0 Å². The van der Waals surface area contributed by atoms with E-state index < -0.39 is 0 Å². The van der Waals surface area contributed by atoms with Gasteiger partial charge in [-0.05, 0) is 12.0 Å². The maximum Gasteiger partial charge on any atom is 0.112 e. The highest BCUT2D eigenvalue weighted by atomic mass is 32.2. The van der Waals surface area contributed by atoms with Gasteiger partial charge >= 0.3 is 0 Å². The maximum absolute atomic E-state index is 4.51. The summed E-state index contributed by atoms with van der Waals surface area (Å²) in [7, 11) is 0. The molecule has 0 aromatic rings. The second kappa shape index (κ2) is 0.951. The Kier molecular flexibility index (Phi) is 0.604. The van der Waals surface area contributed by atoms with Crippen LogP contribution in [-0.2, 0) is 4.18 Å². The SMILES string of the molecule is [CH]1CSO1. The normalized spacial score (nSPS) is 24.0. The van der Waals surface area contributed by atoms with E-state index in [-0.39, 0.29) is 0 Å². The van der Waals surface area contributed by atoms with Crippen LogP contribution in [0.5, 0.6) is 0 Å². The minimum Gasteiger partial charge on any atom is -0.308 e. The highest BCUT2D eigenvalue weighted by Crippen LogP contribution is 2.16. The molecule has 23 valence electrons. The van der Waals surface area contributed by atoms with Crippen molar-refractivity contribution in [2.45, 2.75) is 0 Å². The highest BCUT2D eigenvalue weighted by molar-refractivity contribution is 7.96. The van der Waals surface area contributed by atoms with Crippen molar-refractivity contribution >= 4 is 12.0 Å². The van der Waals surface area contributed by atoms with Crippen molar-refractivity contribution < 1.29 is 4.18 Å². The first kappa shape index (κ1) is 2.54. The summed E-state index contributed by atoms with van der Waals surface area (Å²) in [6.45, 7) is 1.77. The Hall–Kier alpha value is 0.310. The van der Waals surface area contributed by atoms with Gasteiger partial charge in [-0.1, -0.05) is 0 Å². The van der Waals surface area contributed by atoms with Crippen LogP contribution in [0.15, 0.2) is 0 Å². The van der Waals surface area contributed by atoms with E-state index in [9.17, 15) is 0 Å². The molecule has 0 N–H and O–H groups in total. The second-order valence-corrected chi connectivity index (χ2v) is 1.31.